The summed E-state index contributed by atoms with van der Waals surface area (Å²) in [5, 5.41) is 0. The molecule has 1 unspecified atom stereocenters. The Balaban J connectivity index is 4.25. The fourth-order valence-electron chi connectivity index (χ4n) is 1.26. The molecule has 0 heterocycles. The molecule has 0 aromatic carbocycles. The van der Waals surface area contributed by atoms with Crippen molar-refractivity contribution in [1.29, 1.82) is 0 Å². The third kappa shape index (κ3) is 10.2. The Kier molecular flexibility index (Phi) is 9.12. The summed E-state index contributed by atoms with van der Waals surface area (Å²) < 4.78 is 24.6. The Hall–Kier alpha value is -1.21. The SMILES string of the molecule is C=C(C)C(=O)OCCOC(=O)C(CCCC)OP(=O)(O)O. The van der Waals surface area contributed by atoms with Gasteiger partial charge in [0.25, 0.3) is 0 Å². The van der Waals surface area contributed by atoms with E-state index in [4.69, 9.17) is 19.3 Å². The summed E-state index contributed by atoms with van der Waals surface area (Å²) in [5.41, 5.74) is 0.215. The third-order valence-electron chi connectivity index (χ3n) is 2.26. The van der Waals surface area contributed by atoms with Crippen LogP contribution in [0.2, 0.25) is 0 Å². The number of rotatable bonds is 10. The van der Waals surface area contributed by atoms with Crippen LogP contribution in [0.4, 0.5) is 0 Å². The van der Waals surface area contributed by atoms with Gasteiger partial charge in [-0.1, -0.05) is 26.3 Å². The molecule has 8 nitrogen and oxygen atoms in total. The van der Waals surface area contributed by atoms with Gasteiger partial charge >= 0.3 is 19.8 Å². The molecule has 0 aliphatic heterocycles. The molecule has 122 valence electrons. The van der Waals surface area contributed by atoms with E-state index in [1.54, 1.807) is 0 Å². The van der Waals surface area contributed by atoms with E-state index in [0.717, 1.165) is 6.42 Å². The largest absolute Gasteiger partial charge is 0.470 e. The van der Waals surface area contributed by atoms with Crippen LogP contribution in [0, 0.1) is 0 Å². The van der Waals surface area contributed by atoms with E-state index in [-0.39, 0.29) is 25.2 Å². The maximum absolute atomic E-state index is 11.7. The third-order valence-corrected chi connectivity index (χ3v) is 2.79. The predicted molar refractivity (Wildman–Crippen MR) is 73.2 cm³/mol. The van der Waals surface area contributed by atoms with Crippen molar-refractivity contribution in [3.63, 3.8) is 0 Å². The van der Waals surface area contributed by atoms with E-state index in [1.165, 1.54) is 6.92 Å². The Morgan fingerprint density at radius 2 is 1.81 bits per heavy atom. The summed E-state index contributed by atoms with van der Waals surface area (Å²) in [4.78, 5) is 40.2. The van der Waals surface area contributed by atoms with Gasteiger partial charge in [-0.25, -0.2) is 14.2 Å². The highest BCUT2D eigenvalue weighted by molar-refractivity contribution is 7.46. The second kappa shape index (κ2) is 9.68. The summed E-state index contributed by atoms with van der Waals surface area (Å²) in [6, 6.07) is 0. The molecule has 0 aliphatic rings. The quantitative estimate of drug-likeness (QED) is 0.267. The normalized spacial score (nSPS) is 12.6. The molecule has 0 saturated heterocycles. The molecule has 0 aromatic rings. The lowest BCUT2D eigenvalue weighted by Crippen LogP contribution is -2.27. The van der Waals surface area contributed by atoms with E-state index in [2.05, 4.69) is 11.1 Å². The molecule has 0 fully saturated rings. The number of carbonyl (C=O) groups excluding carboxylic acids is 2. The molecule has 9 heteroatoms. The monoisotopic (exact) mass is 324 g/mol. The molecule has 2 N–H and O–H groups in total. The molecule has 0 bridgehead atoms. The van der Waals surface area contributed by atoms with E-state index >= 15 is 0 Å². The molecule has 1 atom stereocenters. The summed E-state index contributed by atoms with van der Waals surface area (Å²) in [6.07, 6.45) is 0.0589. The smallest absolute Gasteiger partial charge is 0.460 e. The molecular formula is C12H21O8P. The van der Waals surface area contributed by atoms with Gasteiger partial charge in [-0.3, -0.25) is 4.52 Å². The minimum Gasteiger partial charge on any atom is -0.460 e. The van der Waals surface area contributed by atoms with Gasteiger partial charge in [0.05, 0.1) is 0 Å². The standard InChI is InChI=1S/C12H21O8P/c1-4-5-6-10(20-21(15,16)17)12(14)19-8-7-18-11(13)9(2)3/h10H,2,4-8H2,1,3H3,(H2,15,16,17). The van der Waals surface area contributed by atoms with Crippen LogP contribution in [-0.2, 0) is 28.2 Å². The summed E-state index contributed by atoms with van der Waals surface area (Å²) in [5.74, 6) is -1.52. The van der Waals surface area contributed by atoms with E-state index in [1.807, 2.05) is 6.92 Å². The summed E-state index contributed by atoms with van der Waals surface area (Å²) in [6.45, 7) is 6.31. The highest BCUT2D eigenvalue weighted by atomic mass is 31.2. The molecule has 0 aromatic heterocycles. The van der Waals surface area contributed by atoms with Crippen LogP contribution in [0.15, 0.2) is 12.2 Å². The predicted octanol–water partition coefficient (Wildman–Crippen LogP) is 1.32. The van der Waals surface area contributed by atoms with Crippen molar-refractivity contribution in [2.75, 3.05) is 13.2 Å². The number of carbonyl (C=O) groups is 2. The molecule has 0 radical (unpaired) electrons. The molecule has 21 heavy (non-hydrogen) atoms. The molecule has 0 saturated carbocycles. The van der Waals surface area contributed by atoms with Gasteiger partial charge in [0, 0.05) is 5.57 Å². The average Bonchev–Trinajstić information content (AvgIpc) is 2.37. The highest BCUT2D eigenvalue weighted by Crippen LogP contribution is 2.38. The second-order valence-electron chi connectivity index (χ2n) is 4.31. The van der Waals surface area contributed by atoms with Gasteiger partial charge in [-0.2, -0.15) is 0 Å². The van der Waals surface area contributed by atoms with E-state index < -0.39 is 25.9 Å². The van der Waals surface area contributed by atoms with Gasteiger partial charge < -0.3 is 19.3 Å². The maximum atomic E-state index is 11.7. The zero-order valence-corrected chi connectivity index (χ0v) is 13.0. The first-order valence-electron chi connectivity index (χ1n) is 6.40. The Morgan fingerprint density at radius 3 is 2.29 bits per heavy atom. The van der Waals surface area contributed by atoms with Gasteiger partial charge in [0.1, 0.15) is 13.2 Å². The van der Waals surface area contributed by atoms with Crippen molar-refractivity contribution in [3.8, 4) is 0 Å². The van der Waals surface area contributed by atoms with E-state index in [9.17, 15) is 14.2 Å². The van der Waals surface area contributed by atoms with Crippen LogP contribution in [0.5, 0.6) is 0 Å². The number of phosphoric ester groups is 1. The minimum atomic E-state index is -4.78. The fraction of sp³-hybridized carbons (Fsp3) is 0.667. The van der Waals surface area contributed by atoms with Crippen molar-refractivity contribution in [2.45, 2.75) is 39.2 Å². The van der Waals surface area contributed by atoms with Gasteiger partial charge in [0.2, 0.25) is 0 Å². The zero-order chi connectivity index (χ0) is 16.5. The Morgan fingerprint density at radius 1 is 1.24 bits per heavy atom. The first kappa shape index (κ1) is 19.8. The second-order valence-corrected chi connectivity index (χ2v) is 5.50. The Labute approximate surface area is 123 Å². The highest BCUT2D eigenvalue weighted by Gasteiger charge is 2.29. The molecule has 0 rings (SSSR count). The van der Waals surface area contributed by atoms with Crippen molar-refractivity contribution in [1.82, 2.24) is 0 Å². The zero-order valence-electron chi connectivity index (χ0n) is 12.1. The maximum Gasteiger partial charge on any atom is 0.470 e. The number of ether oxygens (including phenoxy) is 2. The summed E-state index contributed by atoms with van der Waals surface area (Å²) >= 11 is 0. The number of esters is 2. The van der Waals surface area contributed by atoms with Gasteiger partial charge in [-0.05, 0) is 13.3 Å². The van der Waals surface area contributed by atoms with Crippen molar-refractivity contribution in [2.24, 2.45) is 0 Å². The number of phosphoric acid groups is 1. The fourth-order valence-corrected chi connectivity index (χ4v) is 1.78. The number of hydrogen-bond acceptors (Lipinski definition) is 6. The molecule has 0 spiro atoms. The van der Waals surface area contributed by atoms with Gasteiger partial charge in [0.15, 0.2) is 6.10 Å². The lowest BCUT2D eigenvalue weighted by atomic mass is 10.2. The van der Waals surface area contributed by atoms with Crippen molar-refractivity contribution < 1.29 is 37.9 Å². The first-order chi connectivity index (χ1) is 9.67. The lowest BCUT2D eigenvalue weighted by Gasteiger charge is -2.16. The van der Waals surface area contributed by atoms with Crippen LogP contribution in [0.25, 0.3) is 0 Å². The van der Waals surface area contributed by atoms with Crippen LogP contribution in [0.3, 0.4) is 0 Å². The van der Waals surface area contributed by atoms with Crippen LogP contribution in [0.1, 0.15) is 33.1 Å². The van der Waals surface area contributed by atoms with Crippen LogP contribution < -0.4 is 0 Å². The van der Waals surface area contributed by atoms with E-state index in [0.29, 0.717) is 6.42 Å². The first-order valence-corrected chi connectivity index (χ1v) is 7.93. The Bertz CT molecular complexity index is 413. The topological polar surface area (TPSA) is 119 Å². The van der Waals surface area contributed by atoms with Gasteiger partial charge in [-0.15, -0.1) is 0 Å². The minimum absolute atomic E-state index is 0.131. The molecular weight excluding hydrogens is 303 g/mol. The molecule has 0 aliphatic carbocycles. The van der Waals surface area contributed by atoms with Crippen LogP contribution in [-0.4, -0.2) is 41.0 Å². The van der Waals surface area contributed by atoms with Crippen LogP contribution >= 0.6 is 7.82 Å². The number of unbranched alkanes of at least 4 members (excludes halogenated alkanes) is 1. The van der Waals surface area contributed by atoms with Crippen molar-refractivity contribution >= 4 is 19.8 Å². The van der Waals surface area contributed by atoms with Crippen molar-refractivity contribution in [3.05, 3.63) is 12.2 Å². The lowest BCUT2D eigenvalue weighted by molar-refractivity contribution is -0.157. The average molecular weight is 324 g/mol. The molecule has 0 amide bonds. The number of hydrogen-bond donors (Lipinski definition) is 2. The summed E-state index contributed by atoms with van der Waals surface area (Å²) in [7, 11) is -4.78.